The van der Waals surface area contributed by atoms with E-state index in [4.69, 9.17) is 0 Å². The fourth-order valence-corrected chi connectivity index (χ4v) is 4.62. The van der Waals surface area contributed by atoms with E-state index in [2.05, 4.69) is 19.1 Å². The molecular weight excluding hydrogens is 272 g/mol. The highest BCUT2D eigenvalue weighted by molar-refractivity contribution is 5.76. The summed E-state index contributed by atoms with van der Waals surface area (Å²) in [5.41, 5.74) is -0.610. The zero-order valence-corrected chi connectivity index (χ0v) is 14.6. The van der Waals surface area contributed by atoms with Crippen molar-refractivity contribution in [3.05, 3.63) is 12.2 Å². The van der Waals surface area contributed by atoms with Crippen molar-refractivity contribution in [3.8, 4) is 0 Å². The van der Waals surface area contributed by atoms with Gasteiger partial charge >= 0.3 is 5.97 Å². The summed E-state index contributed by atoms with van der Waals surface area (Å²) >= 11 is 0. The molecule has 0 aliphatic heterocycles. The fraction of sp³-hybridized carbons (Fsp3) is 0.850. The van der Waals surface area contributed by atoms with Crippen LogP contribution in [0.15, 0.2) is 12.2 Å². The van der Waals surface area contributed by atoms with Crippen LogP contribution in [-0.2, 0) is 4.79 Å². The lowest BCUT2D eigenvalue weighted by Gasteiger charge is -2.41. The van der Waals surface area contributed by atoms with Crippen molar-refractivity contribution in [1.29, 1.82) is 0 Å². The second kappa shape index (κ2) is 7.66. The first-order chi connectivity index (χ1) is 10.5. The standard InChI is InChI=1S/C20H34O2/c1-3-4-5-6-7-8-9-10-13-19(2,18(21)22)20-14-11-17(16-20)12-15-20/h11,14,17H,3-10,12-13,15-16H2,1-2H3,(H,21,22). The molecule has 126 valence electrons. The lowest BCUT2D eigenvalue weighted by Crippen LogP contribution is -2.42. The molecule has 0 spiro atoms. The van der Waals surface area contributed by atoms with Crippen LogP contribution in [0.5, 0.6) is 0 Å². The van der Waals surface area contributed by atoms with Gasteiger partial charge in [-0.15, -0.1) is 0 Å². The number of hydrogen-bond donors (Lipinski definition) is 1. The maximum atomic E-state index is 12.0. The van der Waals surface area contributed by atoms with E-state index in [-0.39, 0.29) is 5.41 Å². The molecule has 2 aliphatic rings. The van der Waals surface area contributed by atoms with Gasteiger partial charge in [0, 0.05) is 5.41 Å². The normalized spacial score (nSPS) is 28.9. The topological polar surface area (TPSA) is 37.3 Å². The van der Waals surface area contributed by atoms with Gasteiger partial charge < -0.3 is 5.11 Å². The summed E-state index contributed by atoms with van der Waals surface area (Å²) in [6.45, 7) is 4.26. The summed E-state index contributed by atoms with van der Waals surface area (Å²) in [7, 11) is 0. The first-order valence-electron chi connectivity index (χ1n) is 9.47. The van der Waals surface area contributed by atoms with Gasteiger partial charge in [0.15, 0.2) is 0 Å². The predicted octanol–water partition coefficient (Wildman–Crippen LogP) is 5.96. The van der Waals surface area contributed by atoms with Crippen molar-refractivity contribution in [2.24, 2.45) is 16.7 Å². The second-order valence-electron chi connectivity index (χ2n) is 7.88. The van der Waals surface area contributed by atoms with E-state index in [1.807, 2.05) is 6.92 Å². The number of allylic oxidation sites excluding steroid dienone is 2. The average molecular weight is 306 g/mol. The van der Waals surface area contributed by atoms with Gasteiger partial charge in [-0.3, -0.25) is 4.79 Å². The summed E-state index contributed by atoms with van der Waals surface area (Å²) in [4.78, 5) is 12.0. The van der Waals surface area contributed by atoms with Crippen molar-refractivity contribution in [2.45, 2.75) is 90.9 Å². The number of aliphatic carboxylic acids is 1. The van der Waals surface area contributed by atoms with Gasteiger partial charge in [0.25, 0.3) is 0 Å². The zero-order valence-electron chi connectivity index (χ0n) is 14.6. The van der Waals surface area contributed by atoms with Gasteiger partial charge in [-0.2, -0.15) is 0 Å². The highest BCUT2D eigenvalue weighted by atomic mass is 16.4. The predicted molar refractivity (Wildman–Crippen MR) is 91.9 cm³/mol. The molecule has 0 aromatic rings. The van der Waals surface area contributed by atoms with Gasteiger partial charge in [-0.25, -0.2) is 0 Å². The fourth-order valence-electron chi connectivity index (χ4n) is 4.62. The van der Waals surface area contributed by atoms with Crippen molar-refractivity contribution in [2.75, 3.05) is 0 Å². The highest BCUT2D eigenvalue weighted by Gasteiger charge is 2.56. The van der Waals surface area contributed by atoms with Crippen LogP contribution in [-0.4, -0.2) is 11.1 Å². The molecule has 1 fully saturated rings. The largest absolute Gasteiger partial charge is 0.481 e. The van der Waals surface area contributed by atoms with E-state index in [9.17, 15) is 9.90 Å². The summed E-state index contributed by atoms with van der Waals surface area (Å²) in [6, 6.07) is 0. The molecule has 0 aromatic heterocycles. The van der Waals surface area contributed by atoms with Crippen LogP contribution in [0.2, 0.25) is 0 Å². The lowest BCUT2D eigenvalue weighted by atomic mass is 9.61. The Labute approximate surface area is 136 Å². The number of carbonyl (C=O) groups is 1. The van der Waals surface area contributed by atoms with E-state index in [0.717, 1.165) is 25.7 Å². The number of carboxylic acids is 1. The molecule has 22 heavy (non-hydrogen) atoms. The molecule has 0 saturated heterocycles. The molecule has 0 heterocycles. The monoisotopic (exact) mass is 306 g/mol. The zero-order chi connectivity index (χ0) is 16.1. The molecule has 0 amide bonds. The van der Waals surface area contributed by atoms with E-state index in [0.29, 0.717) is 5.92 Å². The minimum atomic E-state index is -0.581. The first-order valence-corrected chi connectivity index (χ1v) is 9.47. The number of unbranched alkanes of at least 4 members (excludes halogenated alkanes) is 7. The van der Waals surface area contributed by atoms with E-state index < -0.39 is 11.4 Å². The molecule has 1 saturated carbocycles. The number of hydrogen-bond acceptors (Lipinski definition) is 1. The summed E-state index contributed by atoms with van der Waals surface area (Å²) in [6.07, 6.45) is 18.9. The van der Waals surface area contributed by atoms with Gasteiger partial charge in [-0.1, -0.05) is 70.4 Å². The Morgan fingerprint density at radius 3 is 2.27 bits per heavy atom. The summed E-state index contributed by atoms with van der Waals surface area (Å²) in [5, 5.41) is 9.87. The molecule has 2 heteroatoms. The van der Waals surface area contributed by atoms with Crippen LogP contribution in [0.25, 0.3) is 0 Å². The molecule has 0 aromatic carbocycles. The third-order valence-corrected chi connectivity index (χ3v) is 6.38. The molecule has 1 N–H and O–H groups in total. The maximum Gasteiger partial charge on any atom is 0.310 e. The Hall–Kier alpha value is -0.790. The highest BCUT2D eigenvalue weighted by Crippen LogP contribution is 2.60. The number of fused-ring (bicyclic) bond motifs is 2. The molecule has 3 unspecified atom stereocenters. The van der Waals surface area contributed by atoms with Crippen molar-refractivity contribution in [1.82, 2.24) is 0 Å². The third kappa shape index (κ3) is 3.58. The molecule has 2 rings (SSSR count). The van der Waals surface area contributed by atoms with E-state index >= 15 is 0 Å². The molecule has 3 atom stereocenters. The van der Waals surface area contributed by atoms with Crippen molar-refractivity contribution in [3.63, 3.8) is 0 Å². The Bertz CT molecular complexity index is 401. The van der Waals surface area contributed by atoms with Crippen LogP contribution >= 0.6 is 0 Å². The molecule has 2 bridgehead atoms. The molecule has 0 radical (unpaired) electrons. The van der Waals surface area contributed by atoms with Gasteiger partial charge in [0.2, 0.25) is 0 Å². The number of rotatable bonds is 11. The quantitative estimate of drug-likeness (QED) is 0.377. The van der Waals surface area contributed by atoms with Gasteiger partial charge in [0.05, 0.1) is 5.41 Å². The van der Waals surface area contributed by atoms with Crippen LogP contribution < -0.4 is 0 Å². The minimum Gasteiger partial charge on any atom is -0.481 e. The maximum absolute atomic E-state index is 12.0. The van der Waals surface area contributed by atoms with Crippen molar-refractivity contribution >= 4 is 5.97 Å². The van der Waals surface area contributed by atoms with Crippen molar-refractivity contribution < 1.29 is 9.90 Å². The molecule has 2 aliphatic carbocycles. The van der Waals surface area contributed by atoms with Crippen LogP contribution in [0.3, 0.4) is 0 Å². The summed E-state index contributed by atoms with van der Waals surface area (Å²) < 4.78 is 0. The Balaban J connectivity index is 1.76. The third-order valence-electron chi connectivity index (χ3n) is 6.38. The smallest absolute Gasteiger partial charge is 0.310 e. The van der Waals surface area contributed by atoms with Gasteiger partial charge in [-0.05, 0) is 38.5 Å². The second-order valence-corrected chi connectivity index (χ2v) is 7.88. The first kappa shape index (κ1) is 17.6. The summed E-state index contributed by atoms with van der Waals surface area (Å²) in [5.74, 6) is 0.0693. The van der Waals surface area contributed by atoms with E-state index in [1.54, 1.807) is 0 Å². The lowest BCUT2D eigenvalue weighted by molar-refractivity contribution is -0.155. The SMILES string of the molecule is CCCCCCCCCCC(C)(C(=O)O)C12C=CC(CC1)C2. The Morgan fingerprint density at radius 1 is 1.18 bits per heavy atom. The minimum absolute atomic E-state index is 0.0510. The Morgan fingerprint density at radius 2 is 1.82 bits per heavy atom. The Kier molecular flexibility index (Phi) is 6.11. The number of carboxylic acid groups (broad SMARTS) is 1. The molecule has 2 nitrogen and oxygen atoms in total. The molecular formula is C20H34O2. The van der Waals surface area contributed by atoms with Gasteiger partial charge in [0.1, 0.15) is 0 Å². The van der Waals surface area contributed by atoms with Crippen LogP contribution in [0, 0.1) is 16.7 Å². The average Bonchev–Trinajstić information content (AvgIpc) is 3.12. The van der Waals surface area contributed by atoms with Crippen LogP contribution in [0.1, 0.15) is 90.9 Å². The van der Waals surface area contributed by atoms with E-state index in [1.165, 1.54) is 51.4 Å². The van der Waals surface area contributed by atoms with Crippen LogP contribution in [0.4, 0.5) is 0 Å².